The van der Waals surface area contributed by atoms with Crippen molar-refractivity contribution in [2.75, 3.05) is 21.9 Å². The average Bonchev–Trinajstić information content (AvgIpc) is 2.53. The summed E-state index contributed by atoms with van der Waals surface area (Å²) in [7, 11) is -3.26. The summed E-state index contributed by atoms with van der Waals surface area (Å²) in [6.45, 7) is 6.12. The number of nitrogens with zero attached hydrogens (tertiary/aromatic N) is 1. The molecule has 0 spiro atoms. The third-order valence-electron chi connectivity index (χ3n) is 4.10. The topological polar surface area (TPSA) is 78.5 Å². The van der Waals surface area contributed by atoms with Crippen LogP contribution in [0, 0.1) is 0 Å². The number of sulfonamides is 1. The Hall–Kier alpha value is -1.76. The highest BCUT2D eigenvalue weighted by molar-refractivity contribution is 7.92. The Bertz CT molecular complexity index is 673. The summed E-state index contributed by atoms with van der Waals surface area (Å²) < 4.78 is 25.8. The molecule has 7 heteroatoms. The van der Waals surface area contributed by atoms with E-state index in [9.17, 15) is 13.2 Å². The zero-order chi connectivity index (χ0) is 17.0. The van der Waals surface area contributed by atoms with Gasteiger partial charge in [-0.05, 0) is 56.9 Å². The van der Waals surface area contributed by atoms with Gasteiger partial charge in [-0.1, -0.05) is 6.92 Å². The van der Waals surface area contributed by atoms with Gasteiger partial charge in [-0.2, -0.15) is 0 Å². The first-order valence-corrected chi connectivity index (χ1v) is 9.69. The number of nitrogens with one attached hydrogen (secondary N) is 2. The molecule has 0 saturated heterocycles. The molecule has 2 amide bonds. The molecule has 23 heavy (non-hydrogen) atoms. The lowest BCUT2D eigenvalue weighted by molar-refractivity contribution is 0.249. The van der Waals surface area contributed by atoms with Crippen LogP contribution in [0.4, 0.5) is 16.2 Å². The van der Waals surface area contributed by atoms with Crippen LogP contribution in [0.15, 0.2) is 18.2 Å². The normalized spacial score (nSPS) is 15.7. The van der Waals surface area contributed by atoms with Crippen LogP contribution in [0.1, 0.15) is 39.2 Å². The van der Waals surface area contributed by atoms with Crippen LogP contribution in [0.3, 0.4) is 0 Å². The first-order chi connectivity index (χ1) is 10.9. The van der Waals surface area contributed by atoms with Crippen LogP contribution in [-0.2, 0) is 16.4 Å². The van der Waals surface area contributed by atoms with Gasteiger partial charge >= 0.3 is 6.03 Å². The quantitative estimate of drug-likeness (QED) is 0.866. The molecule has 1 aliphatic heterocycles. The second kappa shape index (κ2) is 7.21. The minimum atomic E-state index is -3.26. The lowest BCUT2D eigenvalue weighted by atomic mass is 10.0. The highest BCUT2D eigenvalue weighted by atomic mass is 32.2. The average molecular weight is 339 g/mol. The molecule has 128 valence electrons. The highest BCUT2D eigenvalue weighted by Crippen LogP contribution is 2.31. The van der Waals surface area contributed by atoms with E-state index < -0.39 is 10.0 Å². The molecule has 0 bridgehead atoms. The molecule has 0 saturated carbocycles. The van der Waals surface area contributed by atoms with Crippen LogP contribution in [0.5, 0.6) is 0 Å². The lowest BCUT2D eigenvalue weighted by Crippen LogP contribution is -2.37. The van der Waals surface area contributed by atoms with Crippen molar-refractivity contribution in [2.24, 2.45) is 0 Å². The van der Waals surface area contributed by atoms with Gasteiger partial charge in [0.1, 0.15) is 0 Å². The van der Waals surface area contributed by atoms with Crippen molar-refractivity contribution in [1.82, 2.24) is 5.32 Å². The van der Waals surface area contributed by atoms with E-state index >= 15 is 0 Å². The fourth-order valence-electron chi connectivity index (χ4n) is 2.58. The Labute approximate surface area is 138 Å². The van der Waals surface area contributed by atoms with Crippen molar-refractivity contribution >= 4 is 27.4 Å². The molecule has 6 nitrogen and oxygen atoms in total. The molecule has 1 atom stereocenters. The zero-order valence-electron chi connectivity index (χ0n) is 13.9. The minimum absolute atomic E-state index is 0.0871. The van der Waals surface area contributed by atoms with Gasteiger partial charge in [0.15, 0.2) is 0 Å². The number of fused-ring (bicyclic) bond motifs is 1. The summed E-state index contributed by atoms with van der Waals surface area (Å²) in [4.78, 5) is 11.9. The van der Waals surface area contributed by atoms with Crippen LogP contribution < -0.4 is 14.9 Å². The summed E-state index contributed by atoms with van der Waals surface area (Å²) in [5.74, 6) is 0.0871. The molecule has 1 unspecified atom stereocenters. The number of anilines is 2. The maximum Gasteiger partial charge on any atom is 0.319 e. The second-order valence-corrected chi connectivity index (χ2v) is 8.01. The molecule has 0 radical (unpaired) electrons. The lowest BCUT2D eigenvalue weighted by Gasteiger charge is -2.30. The minimum Gasteiger partial charge on any atom is -0.335 e. The van der Waals surface area contributed by atoms with Gasteiger partial charge in [0.05, 0.1) is 11.4 Å². The first kappa shape index (κ1) is 17.6. The summed E-state index contributed by atoms with van der Waals surface area (Å²) >= 11 is 0. The third-order valence-corrected chi connectivity index (χ3v) is 5.88. The number of urea groups is 1. The maximum atomic E-state index is 12.2. The molecule has 1 aliphatic rings. The van der Waals surface area contributed by atoms with Crippen molar-refractivity contribution in [1.29, 1.82) is 0 Å². The summed E-state index contributed by atoms with van der Waals surface area (Å²) in [5.41, 5.74) is 2.36. The monoisotopic (exact) mass is 339 g/mol. The van der Waals surface area contributed by atoms with Gasteiger partial charge in [-0.3, -0.25) is 4.31 Å². The predicted octanol–water partition coefficient (Wildman–Crippen LogP) is 2.71. The van der Waals surface area contributed by atoms with Crippen LogP contribution >= 0.6 is 0 Å². The van der Waals surface area contributed by atoms with E-state index in [-0.39, 0.29) is 17.8 Å². The molecular weight excluding hydrogens is 314 g/mol. The SMILES string of the molecule is CCC(C)NC(=O)Nc1ccc2c(c1)CCCN2S(=O)(=O)CC. The highest BCUT2D eigenvalue weighted by Gasteiger charge is 2.26. The fourth-order valence-corrected chi connectivity index (χ4v) is 3.77. The number of hydrogen-bond acceptors (Lipinski definition) is 3. The largest absolute Gasteiger partial charge is 0.335 e. The standard InChI is InChI=1S/C16H25N3O3S/c1-4-12(3)17-16(20)18-14-8-9-15-13(11-14)7-6-10-19(15)23(21,22)5-2/h8-9,11-12H,4-7,10H2,1-3H3,(H2,17,18,20). The second-order valence-electron chi connectivity index (χ2n) is 5.83. The zero-order valence-corrected chi connectivity index (χ0v) is 14.7. The summed E-state index contributed by atoms with van der Waals surface area (Å²) in [5, 5.41) is 5.65. The van der Waals surface area contributed by atoms with Crippen molar-refractivity contribution in [3.8, 4) is 0 Å². The third kappa shape index (κ3) is 4.16. The van der Waals surface area contributed by atoms with Gasteiger partial charge in [-0.15, -0.1) is 0 Å². The van der Waals surface area contributed by atoms with Crippen molar-refractivity contribution in [2.45, 2.75) is 46.1 Å². The van der Waals surface area contributed by atoms with Gasteiger partial charge in [0.2, 0.25) is 10.0 Å². The van der Waals surface area contributed by atoms with E-state index in [0.29, 0.717) is 12.2 Å². The van der Waals surface area contributed by atoms with Crippen LogP contribution in [0.2, 0.25) is 0 Å². The number of hydrogen-bond donors (Lipinski definition) is 2. The molecular formula is C16H25N3O3S. The molecule has 2 N–H and O–H groups in total. The molecule has 2 rings (SSSR count). The number of benzene rings is 1. The number of aryl methyl sites for hydroxylation is 1. The summed E-state index contributed by atoms with van der Waals surface area (Å²) in [6.07, 6.45) is 2.46. The molecule has 0 aliphatic carbocycles. The Morgan fingerprint density at radius 2 is 2.09 bits per heavy atom. The first-order valence-electron chi connectivity index (χ1n) is 8.08. The molecule has 1 heterocycles. The van der Waals surface area contributed by atoms with Crippen molar-refractivity contribution in [3.05, 3.63) is 23.8 Å². The Morgan fingerprint density at radius 3 is 2.74 bits per heavy atom. The van der Waals surface area contributed by atoms with Crippen LogP contribution in [-0.4, -0.2) is 32.8 Å². The van der Waals surface area contributed by atoms with Crippen molar-refractivity contribution in [3.63, 3.8) is 0 Å². The van der Waals surface area contributed by atoms with E-state index in [1.807, 2.05) is 19.9 Å². The fraction of sp³-hybridized carbons (Fsp3) is 0.562. The van der Waals surface area contributed by atoms with Crippen molar-refractivity contribution < 1.29 is 13.2 Å². The smallest absolute Gasteiger partial charge is 0.319 e. The predicted molar refractivity (Wildman–Crippen MR) is 93.5 cm³/mol. The number of carbonyl (C=O) groups excluding carboxylic acids is 1. The van der Waals surface area contributed by atoms with E-state index in [1.54, 1.807) is 19.1 Å². The Kier molecular flexibility index (Phi) is 5.51. The van der Waals surface area contributed by atoms with E-state index in [0.717, 1.165) is 30.5 Å². The van der Waals surface area contributed by atoms with E-state index in [4.69, 9.17) is 0 Å². The van der Waals surface area contributed by atoms with Gasteiger partial charge in [-0.25, -0.2) is 13.2 Å². The molecule has 1 aromatic carbocycles. The molecule has 0 aromatic heterocycles. The Balaban J connectivity index is 2.18. The van der Waals surface area contributed by atoms with Gasteiger partial charge in [0, 0.05) is 18.3 Å². The molecule has 0 fully saturated rings. The van der Waals surface area contributed by atoms with E-state index in [1.165, 1.54) is 4.31 Å². The van der Waals surface area contributed by atoms with Gasteiger partial charge in [0.25, 0.3) is 0 Å². The Morgan fingerprint density at radius 1 is 1.35 bits per heavy atom. The molecule has 1 aromatic rings. The van der Waals surface area contributed by atoms with Gasteiger partial charge < -0.3 is 10.6 Å². The van der Waals surface area contributed by atoms with Crippen LogP contribution in [0.25, 0.3) is 0 Å². The number of amides is 2. The number of carbonyl (C=O) groups is 1. The maximum absolute atomic E-state index is 12.2. The number of rotatable bonds is 5. The summed E-state index contributed by atoms with van der Waals surface area (Å²) in [6, 6.07) is 5.26. The van der Waals surface area contributed by atoms with E-state index in [2.05, 4.69) is 10.6 Å².